The van der Waals surface area contributed by atoms with Crippen LogP contribution in [0.15, 0.2) is 35.5 Å². The molecule has 0 aromatic rings. The van der Waals surface area contributed by atoms with Crippen molar-refractivity contribution in [3.05, 3.63) is 35.5 Å². The Morgan fingerprint density at radius 2 is 1.54 bits per heavy atom. The van der Waals surface area contributed by atoms with E-state index in [1.807, 2.05) is 19.6 Å². The first-order valence-electron chi connectivity index (χ1n) is 22.2. The Balaban J connectivity index is 1.86. The molecule has 0 heterocycles. The fourth-order valence-corrected chi connectivity index (χ4v) is 12.2. The molecule has 0 amide bonds. The van der Waals surface area contributed by atoms with Gasteiger partial charge in [-0.05, 0) is 149 Å². The van der Waals surface area contributed by atoms with Gasteiger partial charge in [-0.25, -0.2) is 0 Å². The van der Waals surface area contributed by atoms with Crippen LogP contribution in [0.25, 0.3) is 0 Å². The lowest BCUT2D eigenvalue weighted by atomic mass is 9.60. The summed E-state index contributed by atoms with van der Waals surface area (Å²) in [5.41, 5.74) is 1.96. The fraction of sp³-hybridized carbons (Fsp3) is 0.857. The predicted octanol–water partition coefficient (Wildman–Crippen LogP) is 13.6. The van der Waals surface area contributed by atoms with E-state index in [1.54, 1.807) is 5.57 Å². The van der Waals surface area contributed by atoms with Crippen LogP contribution >= 0.6 is 0 Å². The van der Waals surface area contributed by atoms with E-state index < -0.39 is 44.3 Å². The minimum Gasteiger partial charge on any atom is -0.413 e. The third-order valence-corrected chi connectivity index (χ3v) is 23.1. The van der Waals surface area contributed by atoms with Gasteiger partial charge in [-0.15, -0.1) is 0 Å². The van der Waals surface area contributed by atoms with E-state index in [1.165, 1.54) is 12.0 Å². The Bertz CT molecular complexity index is 1370. The van der Waals surface area contributed by atoms with Crippen LogP contribution in [0, 0.1) is 23.2 Å². The number of allylic oxidation sites excluding steroid dienone is 3. The van der Waals surface area contributed by atoms with E-state index >= 15 is 0 Å². The van der Waals surface area contributed by atoms with Crippen LogP contribution in [0.2, 0.25) is 55.9 Å². The lowest BCUT2D eigenvalue weighted by molar-refractivity contribution is 0.0735. The normalized spacial score (nSPS) is 33.0. The molecular formula is C42H80O3Si3. The highest BCUT2D eigenvalue weighted by molar-refractivity contribution is 6.74. The van der Waals surface area contributed by atoms with Crippen molar-refractivity contribution in [2.45, 2.75) is 207 Å². The Hall–Kier alpha value is -0.249. The van der Waals surface area contributed by atoms with Gasteiger partial charge in [-0.1, -0.05) is 92.5 Å². The van der Waals surface area contributed by atoms with Crippen LogP contribution < -0.4 is 0 Å². The van der Waals surface area contributed by atoms with Crippen molar-refractivity contribution in [1.29, 1.82) is 0 Å². The lowest BCUT2D eigenvalue weighted by Crippen LogP contribution is -2.49. The van der Waals surface area contributed by atoms with Crippen LogP contribution in [-0.2, 0) is 13.3 Å². The second kappa shape index (κ2) is 15.0. The van der Waals surface area contributed by atoms with Crippen LogP contribution in [0.1, 0.15) is 142 Å². The molecule has 3 aliphatic rings. The third-order valence-electron chi connectivity index (χ3n) is 13.1. The van der Waals surface area contributed by atoms with E-state index in [4.69, 9.17) is 21.5 Å². The highest BCUT2D eigenvalue weighted by Crippen LogP contribution is 2.60. The maximum absolute atomic E-state index is 8.32. The van der Waals surface area contributed by atoms with Gasteiger partial charge in [-0.2, -0.15) is 0 Å². The summed E-state index contributed by atoms with van der Waals surface area (Å²) in [5, 5.41) is 0.229. The summed E-state index contributed by atoms with van der Waals surface area (Å²) in [6.07, 6.45) is 13.7. The maximum Gasteiger partial charge on any atom is 0.192 e. The molecule has 0 N–H and O–H groups in total. The van der Waals surface area contributed by atoms with E-state index in [0.717, 1.165) is 50.5 Å². The van der Waals surface area contributed by atoms with Crippen molar-refractivity contribution < 1.29 is 21.5 Å². The summed E-state index contributed by atoms with van der Waals surface area (Å²) in [4.78, 5) is 0. The van der Waals surface area contributed by atoms with Crippen molar-refractivity contribution in [1.82, 2.24) is 0 Å². The standard InChI is InChI=1S/C42H80O3Si3/c1-31(21-19-27-41(9,10)45-46(12,13)14)36-25-26-37-33(22-20-28-42(36,37)11)23-24-34-29-35(43-47(15,16)39(3,4)5)30-38(32(34)2)44-48(17,18)40(6,7)8/h23-24,31,35-38H,2,19-22,25-30H2,1,3-18H3/b33-23+,34-24-/t31-,35-,36-,37+,38+,42-/m1/s1/i9D3,10D3. The molecule has 0 aromatic carbocycles. The maximum atomic E-state index is 8.32. The van der Waals surface area contributed by atoms with Crippen molar-refractivity contribution in [3.63, 3.8) is 0 Å². The Labute approximate surface area is 311 Å². The van der Waals surface area contributed by atoms with Crippen molar-refractivity contribution in [2.75, 3.05) is 0 Å². The quantitative estimate of drug-likeness (QED) is 0.188. The SMILES string of the molecule is [2H]C([2H])([2H])C(CCC[C@@H](C)[C@H]1CC[C@H]2/C(=C/C=C3/C[C@@H](O[Si](C)(C)C(C)(C)C)C[C@H](O[Si](C)(C)C(C)(C)C)C3=C)CCC[C@]12C)(O[Si](C)(C)C)C([2H])([2H])[2H]. The van der Waals surface area contributed by atoms with Crippen molar-refractivity contribution >= 4 is 25.0 Å². The molecule has 3 aliphatic carbocycles. The van der Waals surface area contributed by atoms with Crippen LogP contribution in [0.4, 0.5) is 0 Å². The van der Waals surface area contributed by atoms with Gasteiger partial charge in [0.2, 0.25) is 0 Å². The Morgan fingerprint density at radius 1 is 0.938 bits per heavy atom. The molecular weight excluding hydrogens is 637 g/mol. The van der Waals surface area contributed by atoms with Crippen LogP contribution in [0.5, 0.6) is 0 Å². The summed E-state index contributed by atoms with van der Waals surface area (Å²) >= 11 is 0. The van der Waals surface area contributed by atoms with Gasteiger partial charge in [0, 0.05) is 14.6 Å². The second-order valence-electron chi connectivity index (χ2n) is 20.3. The minimum atomic E-state index is -2.73. The third kappa shape index (κ3) is 10.4. The largest absolute Gasteiger partial charge is 0.413 e. The first kappa shape index (κ1) is 33.6. The average Bonchev–Trinajstić information content (AvgIpc) is 3.31. The predicted molar refractivity (Wildman–Crippen MR) is 218 cm³/mol. The summed E-state index contributed by atoms with van der Waals surface area (Å²) < 4.78 is 70.2. The number of hydrogen-bond acceptors (Lipinski definition) is 3. The minimum absolute atomic E-state index is 0.0182. The van der Waals surface area contributed by atoms with Gasteiger partial charge in [0.1, 0.15) is 0 Å². The Morgan fingerprint density at radius 3 is 2.10 bits per heavy atom. The first-order valence-corrected chi connectivity index (χ1v) is 28.5. The van der Waals surface area contributed by atoms with Gasteiger partial charge in [0.05, 0.1) is 17.8 Å². The molecule has 0 aromatic heterocycles. The van der Waals surface area contributed by atoms with Gasteiger partial charge >= 0.3 is 0 Å². The number of rotatable bonds is 12. The molecule has 0 aliphatic heterocycles. The van der Waals surface area contributed by atoms with E-state index in [0.29, 0.717) is 24.2 Å². The fourth-order valence-electron chi connectivity index (χ4n) is 8.43. The first-order chi connectivity index (χ1) is 24.1. The zero-order valence-corrected chi connectivity index (χ0v) is 37.0. The Kier molecular flexibility index (Phi) is 10.5. The zero-order valence-electron chi connectivity index (χ0n) is 40.0. The lowest BCUT2D eigenvalue weighted by Gasteiger charge is -2.46. The van der Waals surface area contributed by atoms with Crippen LogP contribution in [0.3, 0.4) is 0 Å². The van der Waals surface area contributed by atoms with E-state index in [2.05, 4.69) is 100 Å². The topological polar surface area (TPSA) is 27.7 Å². The summed E-state index contributed by atoms with van der Waals surface area (Å²) in [7, 11) is -6.52. The molecule has 48 heavy (non-hydrogen) atoms. The van der Waals surface area contributed by atoms with Gasteiger partial charge < -0.3 is 13.3 Å². The average molecular weight is 723 g/mol. The highest BCUT2D eigenvalue weighted by Gasteiger charge is 2.51. The van der Waals surface area contributed by atoms with Gasteiger partial charge in [-0.3, -0.25) is 0 Å². The molecule has 3 fully saturated rings. The van der Waals surface area contributed by atoms with E-state index in [-0.39, 0.29) is 34.1 Å². The number of fused-ring (bicyclic) bond motifs is 1. The molecule has 0 unspecified atom stereocenters. The monoisotopic (exact) mass is 723 g/mol. The van der Waals surface area contributed by atoms with Crippen LogP contribution in [-0.4, -0.2) is 42.8 Å². The highest BCUT2D eigenvalue weighted by atomic mass is 28.4. The molecule has 3 rings (SSSR count). The van der Waals surface area contributed by atoms with Gasteiger partial charge in [0.25, 0.3) is 0 Å². The molecule has 6 heteroatoms. The molecule has 3 saturated carbocycles. The zero-order chi connectivity index (χ0) is 41.7. The molecule has 0 spiro atoms. The molecule has 0 bridgehead atoms. The smallest absolute Gasteiger partial charge is 0.192 e. The van der Waals surface area contributed by atoms with Gasteiger partial charge in [0.15, 0.2) is 25.0 Å². The summed E-state index contributed by atoms with van der Waals surface area (Å²) in [6.45, 7) is 32.8. The molecule has 3 nitrogen and oxygen atoms in total. The summed E-state index contributed by atoms with van der Waals surface area (Å²) in [6, 6.07) is 0. The number of hydrogen-bond donors (Lipinski definition) is 0. The summed E-state index contributed by atoms with van der Waals surface area (Å²) in [5.74, 6) is 1.36. The van der Waals surface area contributed by atoms with Crippen molar-refractivity contribution in [2.24, 2.45) is 23.2 Å². The molecule has 0 radical (unpaired) electrons. The molecule has 278 valence electrons. The van der Waals surface area contributed by atoms with Crippen molar-refractivity contribution in [3.8, 4) is 0 Å². The second-order valence-corrected chi connectivity index (χ2v) is 34.2. The molecule has 6 atom stereocenters. The van der Waals surface area contributed by atoms with E-state index in [9.17, 15) is 0 Å². The molecule has 0 saturated heterocycles.